The highest BCUT2D eigenvalue weighted by Gasteiger charge is 2.51. The summed E-state index contributed by atoms with van der Waals surface area (Å²) < 4.78 is 28.6. The maximum absolute atomic E-state index is 12.9. The van der Waals surface area contributed by atoms with E-state index in [1.807, 2.05) is 0 Å². The maximum Gasteiger partial charge on any atom is 0.229 e. The number of aromatic hydroxyl groups is 2. The van der Waals surface area contributed by atoms with Crippen molar-refractivity contribution in [3.05, 3.63) is 47.5 Å². The molecule has 3 heterocycles. The van der Waals surface area contributed by atoms with Gasteiger partial charge < -0.3 is 64.5 Å². The third kappa shape index (κ3) is 5.70. The summed E-state index contributed by atoms with van der Waals surface area (Å²) in [6.07, 6.45) is -16.0. The van der Waals surface area contributed by atoms with Gasteiger partial charge in [-0.1, -0.05) is 12.1 Å². The van der Waals surface area contributed by atoms with Crippen molar-refractivity contribution in [2.75, 3.05) is 6.61 Å². The molecule has 2 aromatic carbocycles. The molecule has 5 rings (SSSR count). The monoisotopic (exact) mass is 580 g/mol. The van der Waals surface area contributed by atoms with E-state index < -0.39 is 85.7 Å². The van der Waals surface area contributed by atoms with Crippen molar-refractivity contribution >= 4 is 5.78 Å². The van der Waals surface area contributed by atoms with Gasteiger partial charge in [-0.15, -0.1) is 0 Å². The smallest absolute Gasteiger partial charge is 0.229 e. The minimum Gasteiger partial charge on any atom is -0.508 e. The number of carbonyl (C=O) groups is 1. The summed E-state index contributed by atoms with van der Waals surface area (Å²) in [7, 11) is 0. The number of phenols is 2. The molecular formula is C27H32O14. The van der Waals surface area contributed by atoms with E-state index in [4.69, 9.17) is 23.7 Å². The van der Waals surface area contributed by atoms with Crippen molar-refractivity contribution < 1.29 is 69.3 Å². The molecule has 2 unspecified atom stereocenters. The van der Waals surface area contributed by atoms with E-state index >= 15 is 0 Å². The van der Waals surface area contributed by atoms with Crippen molar-refractivity contribution in [1.82, 2.24) is 0 Å². The van der Waals surface area contributed by atoms with Crippen molar-refractivity contribution in [3.8, 4) is 23.0 Å². The molecule has 0 bridgehead atoms. The second-order valence-corrected chi connectivity index (χ2v) is 10.2. The van der Waals surface area contributed by atoms with E-state index in [0.717, 1.165) is 6.07 Å². The van der Waals surface area contributed by atoms with Crippen molar-refractivity contribution in [2.24, 2.45) is 0 Å². The quantitative estimate of drug-likeness (QED) is 0.202. The first kappa shape index (κ1) is 29.4. The third-order valence-corrected chi connectivity index (χ3v) is 7.42. The zero-order valence-electron chi connectivity index (χ0n) is 21.8. The van der Waals surface area contributed by atoms with E-state index in [1.165, 1.54) is 25.1 Å². The van der Waals surface area contributed by atoms with Gasteiger partial charge in [0.1, 0.15) is 71.3 Å². The number of ketones is 1. The lowest BCUT2D eigenvalue weighted by Gasteiger charge is -2.45. The Bertz CT molecular complexity index is 1240. The van der Waals surface area contributed by atoms with Crippen molar-refractivity contribution in [1.29, 1.82) is 0 Å². The molecule has 0 spiro atoms. The number of ether oxygens (including phenoxy) is 5. The molecule has 0 amide bonds. The van der Waals surface area contributed by atoms with Gasteiger partial charge in [0, 0.05) is 12.1 Å². The second kappa shape index (κ2) is 11.7. The van der Waals surface area contributed by atoms with E-state index in [0.29, 0.717) is 5.56 Å². The van der Waals surface area contributed by atoms with Gasteiger partial charge in [-0.25, -0.2) is 0 Å². The number of aliphatic hydroxyl groups excluding tert-OH is 6. The Balaban J connectivity index is 1.41. The predicted octanol–water partition coefficient (Wildman–Crippen LogP) is -1.17. The van der Waals surface area contributed by atoms with Crippen molar-refractivity contribution in [3.63, 3.8) is 0 Å². The standard InChI is InChI=1S/C27H32O14/c1-10-20(32)22(34)24(36)26(37-10)41-25-23(35)21(33)18(9-28)40-27(25)38-13-6-14(30)19-15(31)8-16(39-17(19)7-13)11-2-4-12(29)5-3-11/h2-7,10,16,18,20-30,32-36H,8-9H2,1H3/t10-,16?,18+,20-,21+,22?,23-,24+,25+,26-,27+/m0/s1. The molecule has 8 N–H and O–H groups in total. The summed E-state index contributed by atoms with van der Waals surface area (Å²) in [5.41, 5.74) is 0.529. The van der Waals surface area contributed by atoms with Gasteiger partial charge >= 0.3 is 0 Å². The molecule has 2 fully saturated rings. The van der Waals surface area contributed by atoms with E-state index in [9.17, 15) is 45.6 Å². The van der Waals surface area contributed by atoms with Crippen LogP contribution >= 0.6 is 0 Å². The number of hydrogen-bond acceptors (Lipinski definition) is 14. The Morgan fingerprint density at radius 3 is 2.27 bits per heavy atom. The van der Waals surface area contributed by atoms with Crippen LogP contribution in [0.2, 0.25) is 0 Å². The second-order valence-electron chi connectivity index (χ2n) is 10.2. The van der Waals surface area contributed by atoms with Gasteiger partial charge in [0.25, 0.3) is 0 Å². The predicted molar refractivity (Wildman–Crippen MR) is 134 cm³/mol. The molecule has 0 radical (unpaired) electrons. The molecule has 0 saturated carbocycles. The van der Waals surface area contributed by atoms with Crippen LogP contribution in [0.5, 0.6) is 23.0 Å². The molecule has 14 nitrogen and oxygen atoms in total. The van der Waals surface area contributed by atoms with Crippen LogP contribution in [0.25, 0.3) is 0 Å². The Morgan fingerprint density at radius 2 is 1.59 bits per heavy atom. The van der Waals surface area contributed by atoms with Crippen LogP contribution in [0, 0.1) is 0 Å². The number of benzene rings is 2. The average Bonchev–Trinajstić information content (AvgIpc) is 2.94. The summed E-state index contributed by atoms with van der Waals surface area (Å²) in [4.78, 5) is 12.9. The highest BCUT2D eigenvalue weighted by molar-refractivity contribution is 6.02. The zero-order valence-corrected chi connectivity index (χ0v) is 21.8. The van der Waals surface area contributed by atoms with Gasteiger partial charge in [-0.2, -0.15) is 0 Å². The number of phenolic OH excluding ortho intramolecular Hbond substituents is 2. The number of carbonyl (C=O) groups excluding carboxylic acids is 1. The first-order chi connectivity index (χ1) is 19.5. The minimum atomic E-state index is -1.75. The Morgan fingerprint density at radius 1 is 0.878 bits per heavy atom. The van der Waals surface area contributed by atoms with E-state index in [1.54, 1.807) is 12.1 Å². The normalized spacial score (nSPS) is 37.2. The molecule has 2 saturated heterocycles. The minimum absolute atomic E-state index is 0.0149. The lowest BCUT2D eigenvalue weighted by atomic mass is 9.95. The summed E-state index contributed by atoms with van der Waals surface area (Å²) in [5, 5.41) is 81.6. The average molecular weight is 581 g/mol. The zero-order chi connectivity index (χ0) is 29.6. The van der Waals surface area contributed by atoms with Gasteiger partial charge in [-0.3, -0.25) is 4.79 Å². The molecule has 41 heavy (non-hydrogen) atoms. The molecule has 11 atom stereocenters. The SMILES string of the molecule is C[C@@H]1O[C@@H](O[C@H]2[C@H](Oc3cc(O)c4c(c3)OC(c3ccc(O)cc3)CC4=O)O[C@H](CO)[C@@H](O)[C@@H]2O)[C@H](O)C(O)[C@H]1O. The van der Waals surface area contributed by atoms with Crippen LogP contribution in [0.1, 0.15) is 35.4 Å². The summed E-state index contributed by atoms with van der Waals surface area (Å²) in [6.45, 7) is 0.716. The molecule has 0 aromatic heterocycles. The summed E-state index contributed by atoms with van der Waals surface area (Å²) in [6, 6.07) is 8.50. The number of fused-ring (bicyclic) bond motifs is 1. The maximum atomic E-state index is 12.9. The van der Waals surface area contributed by atoms with E-state index in [-0.39, 0.29) is 29.2 Å². The highest BCUT2D eigenvalue weighted by atomic mass is 16.8. The topological polar surface area (TPSA) is 225 Å². The number of hydrogen-bond donors (Lipinski definition) is 8. The van der Waals surface area contributed by atoms with Gasteiger partial charge in [0.2, 0.25) is 6.29 Å². The molecule has 14 heteroatoms. The Labute approximate surface area is 233 Å². The van der Waals surface area contributed by atoms with Gasteiger partial charge in [0.05, 0.1) is 19.1 Å². The van der Waals surface area contributed by atoms with Gasteiger partial charge in [-0.05, 0) is 24.6 Å². The summed E-state index contributed by atoms with van der Waals surface area (Å²) >= 11 is 0. The first-order valence-electron chi connectivity index (χ1n) is 13.0. The Hall–Kier alpha value is -3.05. The van der Waals surface area contributed by atoms with Gasteiger partial charge in [0.15, 0.2) is 18.2 Å². The lowest BCUT2D eigenvalue weighted by molar-refractivity contribution is -0.354. The molecule has 0 aliphatic carbocycles. The molecule has 224 valence electrons. The van der Waals surface area contributed by atoms with E-state index in [2.05, 4.69) is 0 Å². The molecule has 2 aromatic rings. The molecule has 3 aliphatic rings. The van der Waals surface area contributed by atoms with Crippen LogP contribution in [0.4, 0.5) is 0 Å². The van der Waals surface area contributed by atoms with Crippen LogP contribution in [-0.2, 0) is 14.2 Å². The largest absolute Gasteiger partial charge is 0.508 e. The highest BCUT2D eigenvalue weighted by Crippen LogP contribution is 2.43. The fourth-order valence-corrected chi connectivity index (χ4v) is 5.07. The molecular weight excluding hydrogens is 548 g/mol. The number of aliphatic hydroxyl groups is 6. The number of Topliss-reactive ketones (excluding diaryl/α,β-unsaturated/α-hetero) is 1. The van der Waals surface area contributed by atoms with Crippen LogP contribution < -0.4 is 9.47 Å². The van der Waals surface area contributed by atoms with Crippen LogP contribution in [0.3, 0.4) is 0 Å². The first-order valence-corrected chi connectivity index (χ1v) is 13.0. The lowest BCUT2D eigenvalue weighted by Crippen LogP contribution is -2.64. The van der Waals surface area contributed by atoms with Crippen molar-refractivity contribution in [2.45, 2.75) is 80.9 Å². The Kier molecular flexibility index (Phi) is 8.39. The van der Waals surface area contributed by atoms with Crippen LogP contribution in [0.15, 0.2) is 36.4 Å². The summed E-state index contributed by atoms with van der Waals surface area (Å²) in [5.74, 6) is -0.947. The molecule has 3 aliphatic heterocycles. The van der Waals surface area contributed by atoms with Crippen LogP contribution in [-0.4, -0.2) is 115 Å². The number of rotatable bonds is 6. The third-order valence-electron chi connectivity index (χ3n) is 7.42. The fourth-order valence-electron chi connectivity index (χ4n) is 5.07. The fraction of sp³-hybridized carbons (Fsp3) is 0.519.